The smallest absolute Gasteiger partial charge is 0.233 e. The molecule has 2 heterocycles. The number of carbonyl (C=O) groups excluding carboxylic acids is 1. The van der Waals surface area contributed by atoms with E-state index in [2.05, 4.69) is 17.6 Å². The van der Waals surface area contributed by atoms with Gasteiger partial charge in [-0.25, -0.2) is 4.98 Å². The van der Waals surface area contributed by atoms with Gasteiger partial charge in [-0.1, -0.05) is 36.0 Å². The second-order valence-electron chi connectivity index (χ2n) is 6.77. The number of benzene rings is 2. The van der Waals surface area contributed by atoms with Crippen LogP contribution in [0.15, 0.2) is 47.6 Å². The normalized spacial score (nSPS) is 12.9. The lowest BCUT2D eigenvalue weighted by Crippen LogP contribution is -2.32. The first-order valence-electron chi connectivity index (χ1n) is 9.94. The summed E-state index contributed by atoms with van der Waals surface area (Å²) in [4.78, 5) is 19.5. The first-order chi connectivity index (χ1) is 14.2. The van der Waals surface area contributed by atoms with Crippen LogP contribution in [-0.2, 0) is 17.9 Å². The van der Waals surface area contributed by atoms with Crippen LogP contribution in [0.4, 0.5) is 0 Å². The number of aryl methyl sites for hydroxylation is 1. The number of nitrogens with zero attached hydrogens (tertiary/aromatic N) is 3. The zero-order chi connectivity index (χ0) is 20.2. The van der Waals surface area contributed by atoms with Gasteiger partial charge in [-0.3, -0.25) is 4.79 Å². The van der Waals surface area contributed by atoms with Gasteiger partial charge in [-0.05, 0) is 32.0 Å². The fraction of sp³-hybridized carbons (Fsp3) is 0.364. The molecular formula is C22H25N3O3S. The van der Waals surface area contributed by atoms with Crippen LogP contribution in [0.5, 0.6) is 11.5 Å². The van der Waals surface area contributed by atoms with Gasteiger partial charge in [0, 0.05) is 25.2 Å². The van der Waals surface area contributed by atoms with E-state index in [9.17, 15) is 4.79 Å². The van der Waals surface area contributed by atoms with Gasteiger partial charge in [0.25, 0.3) is 0 Å². The van der Waals surface area contributed by atoms with E-state index in [0.29, 0.717) is 32.1 Å². The van der Waals surface area contributed by atoms with Crippen molar-refractivity contribution in [3.63, 3.8) is 0 Å². The zero-order valence-corrected chi connectivity index (χ0v) is 17.6. The first kappa shape index (κ1) is 19.6. The lowest BCUT2D eigenvalue weighted by molar-refractivity contribution is -0.128. The Morgan fingerprint density at radius 1 is 1.14 bits per heavy atom. The Bertz CT molecular complexity index is 1020. The maximum absolute atomic E-state index is 12.9. The number of para-hydroxylation sites is 3. The Morgan fingerprint density at radius 3 is 2.79 bits per heavy atom. The molecule has 1 amide bonds. The number of carbonyl (C=O) groups is 1. The van der Waals surface area contributed by atoms with Crippen molar-refractivity contribution in [1.29, 1.82) is 0 Å². The largest absolute Gasteiger partial charge is 0.486 e. The van der Waals surface area contributed by atoms with Gasteiger partial charge in [0.15, 0.2) is 16.7 Å². The highest BCUT2D eigenvalue weighted by atomic mass is 32.2. The van der Waals surface area contributed by atoms with Gasteiger partial charge in [0.05, 0.1) is 16.8 Å². The van der Waals surface area contributed by atoms with Crippen molar-refractivity contribution in [1.82, 2.24) is 14.5 Å². The van der Waals surface area contributed by atoms with E-state index >= 15 is 0 Å². The summed E-state index contributed by atoms with van der Waals surface area (Å²) in [6, 6.07) is 13.9. The number of rotatable bonds is 7. The highest BCUT2D eigenvalue weighted by Gasteiger charge is 2.20. The van der Waals surface area contributed by atoms with Crippen LogP contribution in [0.25, 0.3) is 11.0 Å². The second kappa shape index (κ2) is 8.78. The molecule has 1 aliphatic rings. The van der Waals surface area contributed by atoms with E-state index in [0.717, 1.165) is 39.8 Å². The molecule has 0 saturated heterocycles. The maximum Gasteiger partial charge on any atom is 0.233 e. The number of hydrogen-bond acceptors (Lipinski definition) is 5. The number of imidazole rings is 1. The molecule has 2 aromatic carbocycles. The molecule has 152 valence electrons. The van der Waals surface area contributed by atoms with Gasteiger partial charge in [-0.15, -0.1) is 0 Å². The van der Waals surface area contributed by atoms with Gasteiger partial charge in [-0.2, -0.15) is 0 Å². The van der Waals surface area contributed by atoms with Crippen molar-refractivity contribution in [2.45, 2.75) is 32.1 Å². The molecule has 0 aliphatic carbocycles. The molecule has 0 spiro atoms. The first-order valence-corrected chi connectivity index (χ1v) is 10.9. The third-order valence-electron chi connectivity index (χ3n) is 5.00. The number of ether oxygens (including phenoxy) is 2. The van der Waals surface area contributed by atoms with Crippen molar-refractivity contribution >= 4 is 28.7 Å². The summed E-state index contributed by atoms with van der Waals surface area (Å²) in [5.41, 5.74) is 3.04. The minimum Gasteiger partial charge on any atom is -0.486 e. The zero-order valence-electron chi connectivity index (χ0n) is 16.8. The molecule has 7 heteroatoms. The molecule has 1 aliphatic heterocycles. The standard InChI is InChI=1S/C22H25N3O3S/c1-3-24(14-16-8-7-11-19-21(16)28-13-12-27-19)20(26)15-29-22-23-17-9-5-6-10-18(17)25(22)4-2/h5-11H,3-4,12-15H2,1-2H3. The van der Waals surface area contributed by atoms with E-state index in [1.165, 1.54) is 11.8 Å². The lowest BCUT2D eigenvalue weighted by atomic mass is 10.1. The molecule has 6 nitrogen and oxygen atoms in total. The van der Waals surface area contributed by atoms with Crippen LogP contribution < -0.4 is 9.47 Å². The van der Waals surface area contributed by atoms with Crippen molar-refractivity contribution < 1.29 is 14.3 Å². The van der Waals surface area contributed by atoms with Crippen LogP contribution in [0, 0.1) is 0 Å². The third-order valence-corrected chi connectivity index (χ3v) is 5.97. The predicted octanol–water partition coefficient (Wildman–Crippen LogP) is 3.97. The van der Waals surface area contributed by atoms with Crippen LogP contribution in [0.2, 0.25) is 0 Å². The lowest BCUT2D eigenvalue weighted by Gasteiger charge is -2.25. The van der Waals surface area contributed by atoms with Crippen LogP contribution in [-0.4, -0.2) is 45.9 Å². The molecule has 0 bridgehead atoms. The Morgan fingerprint density at radius 2 is 1.97 bits per heavy atom. The number of thioether (sulfide) groups is 1. The molecule has 29 heavy (non-hydrogen) atoms. The van der Waals surface area contributed by atoms with Crippen molar-refractivity contribution in [2.24, 2.45) is 0 Å². The van der Waals surface area contributed by atoms with E-state index < -0.39 is 0 Å². The van der Waals surface area contributed by atoms with E-state index in [4.69, 9.17) is 14.5 Å². The summed E-state index contributed by atoms with van der Waals surface area (Å²) in [7, 11) is 0. The Hall–Kier alpha value is -2.67. The number of amides is 1. The molecular weight excluding hydrogens is 386 g/mol. The Balaban J connectivity index is 1.46. The summed E-state index contributed by atoms with van der Waals surface area (Å²) < 4.78 is 13.6. The Kier molecular flexibility index (Phi) is 5.94. The highest BCUT2D eigenvalue weighted by molar-refractivity contribution is 7.99. The predicted molar refractivity (Wildman–Crippen MR) is 115 cm³/mol. The second-order valence-corrected chi connectivity index (χ2v) is 7.71. The molecule has 1 aromatic heterocycles. The SMILES string of the molecule is CCN(Cc1cccc2c1OCCO2)C(=O)CSc1nc2ccccc2n1CC. The average molecular weight is 412 g/mol. The average Bonchev–Trinajstić information content (AvgIpc) is 3.13. The van der Waals surface area contributed by atoms with E-state index in [1.807, 2.05) is 48.2 Å². The van der Waals surface area contributed by atoms with Crippen LogP contribution in [0.1, 0.15) is 19.4 Å². The summed E-state index contributed by atoms with van der Waals surface area (Å²) in [6.45, 7) is 7.15. The molecule has 0 fully saturated rings. The highest BCUT2D eigenvalue weighted by Crippen LogP contribution is 2.34. The van der Waals surface area contributed by atoms with Gasteiger partial charge >= 0.3 is 0 Å². The van der Waals surface area contributed by atoms with Crippen molar-refractivity contribution in [3.8, 4) is 11.5 Å². The third kappa shape index (κ3) is 4.05. The fourth-order valence-electron chi connectivity index (χ4n) is 3.53. The van der Waals surface area contributed by atoms with E-state index in [1.54, 1.807) is 0 Å². The quantitative estimate of drug-likeness (QED) is 0.551. The van der Waals surface area contributed by atoms with Crippen LogP contribution >= 0.6 is 11.8 Å². The van der Waals surface area contributed by atoms with Crippen molar-refractivity contribution in [3.05, 3.63) is 48.0 Å². The molecule has 0 radical (unpaired) electrons. The molecule has 4 rings (SSSR count). The molecule has 0 saturated carbocycles. The maximum atomic E-state index is 12.9. The minimum absolute atomic E-state index is 0.0848. The summed E-state index contributed by atoms with van der Waals surface area (Å²) in [6.07, 6.45) is 0. The fourth-order valence-corrected chi connectivity index (χ4v) is 4.51. The number of fused-ring (bicyclic) bond motifs is 2. The van der Waals surface area contributed by atoms with E-state index in [-0.39, 0.29) is 5.91 Å². The monoisotopic (exact) mass is 411 g/mol. The molecule has 3 aromatic rings. The topological polar surface area (TPSA) is 56.6 Å². The van der Waals surface area contributed by atoms with Gasteiger partial charge < -0.3 is 18.9 Å². The number of aromatic nitrogens is 2. The van der Waals surface area contributed by atoms with Gasteiger partial charge in [0.2, 0.25) is 5.91 Å². The molecule has 0 atom stereocenters. The summed E-state index contributed by atoms with van der Waals surface area (Å²) in [5, 5.41) is 0.881. The summed E-state index contributed by atoms with van der Waals surface area (Å²) >= 11 is 1.49. The van der Waals surface area contributed by atoms with Crippen LogP contribution in [0.3, 0.4) is 0 Å². The summed E-state index contributed by atoms with van der Waals surface area (Å²) in [5.74, 6) is 1.94. The molecule has 0 N–H and O–H groups in total. The molecule has 0 unspecified atom stereocenters. The van der Waals surface area contributed by atoms with Gasteiger partial charge in [0.1, 0.15) is 13.2 Å². The Labute approximate surface area is 174 Å². The van der Waals surface area contributed by atoms with Crippen molar-refractivity contribution in [2.75, 3.05) is 25.5 Å². The minimum atomic E-state index is 0.0848. The number of hydrogen-bond donors (Lipinski definition) is 0.